The highest BCUT2D eigenvalue weighted by atomic mass is 19.1. The van der Waals surface area contributed by atoms with Gasteiger partial charge in [0.1, 0.15) is 5.82 Å². The van der Waals surface area contributed by atoms with Crippen LogP contribution in [-0.4, -0.2) is 50.1 Å². The van der Waals surface area contributed by atoms with E-state index in [-0.39, 0.29) is 11.7 Å². The topological polar surface area (TPSA) is 26.8 Å². The Bertz CT molecular complexity index is 762. The van der Waals surface area contributed by atoms with E-state index in [0.717, 1.165) is 49.5 Å². The van der Waals surface area contributed by atoms with Crippen molar-refractivity contribution in [1.29, 1.82) is 0 Å². The molecule has 5 heteroatoms. The van der Waals surface area contributed by atoms with Gasteiger partial charge in [0, 0.05) is 44.1 Å². The van der Waals surface area contributed by atoms with Gasteiger partial charge in [-0.3, -0.25) is 9.69 Å². The maximum Gasteiger partial charge on any atom is 0.241 e. The van der Waals surface area contributed by atoms with Gasteiger partial charge in [-0.15, -0.1) is 0 Å². The molecule has 1 heterocycles. The molecule has 2 aromatic carbocycles. The molecule has 1 saturated heterocycles. The number of para-hydroxylation sites is 1. The van der Waals surface area contributed by atoms with E-state index in [2.05, 4.69) is 9.80 Å². The number of amides is 1. The Hall–Kier alpha value is -2.40. The van der Waals surface area contributed by atoms with Crippen molar-refractivity contribution in [2.75, 3.05) is 49.1 Å². The predicted octanol–water partition coefficient (Wildman–Crippen LogP) is 3.70. The Morgan fingerprint density at radius 1 is 1.04 bits per heavy atom. The van der Waals surface area contributed by atoms with Crippen LogP contribution in [0.3, 0.4) is 0 Å². The van der Waals surface area contributed by atoms with Crippen molar-refractivity contribution in [2.45, 2.75) is 20.3 Å². The van der Waals surface area contributed by atoms with Crippen molar-refractivity contribution in [3.05, 3.63) is 59.9 Å². The third-order valence-electron chi connectivity index (χ3n) is 5.16. The molecule has 0 aromatic heterocycles. The fourth-order valence-corrected chi connectivity index (χ4v) is 3.66. The molecule has 0 N–H and O–H groups in total. The van der Waals surface area contributed by atoms with Crippen molar-refractivity contribution in [3.63, 3.8) is 0 Å². The molecule has 0 saturated carbocycles. The molecule has 1 aliphatic heterocycles. The minimum Gasteiger partial charge on any atom is -0.370 e. The molecule has 2 aromatic rings. The molecule has 3 rings (SSSR count). The van der Waals surface area contributed by atoms with Crippen molar-refractivity contribution in [3.8, 4) is 0 Å². The lowest BCUT2D eigenvalue weighted by Gasteiger charge is -2.27. The molecule has 27 heavy (non-hydrogen) atoms. The highest BCUT2D eigenvalue weighted by Crippen LogP contribution is 2.20. The van der Waals surface area contributed by atoms with Crippen LogP contribution in [-0.2, 0) is 4.79 Å². The quantitative estimate of drug-likeness (QED) is 0.804. The molecular formula is C22H28FN3O. The van der Waals surface area contributed by atoms with E-state index in [1.807, 2.05) is 55.1 Å². The molecule has 1 aliphatic rings. The standard InChI is InChI=1S/C22H28FN3O/c1-3-26(21-8-5-4-7-18(21)2)22(27)17-24-13-6-14-25(16-15-24)20-11-9-19(23)10-12-20/h4-5,7-12H,3,6,13-17H2,1-2H3. The zero-order valence-corrected chi connectivity index (χ0v) is 16.2. The number of hydrogen-bond donors (Lipinski definition) is 0. The Labute approximate surface area is 161 Å². The van der Waals surface area contributed by atoms with Crippen LogP contribution in [0, 0.1) is 12.7 Å². The summed E-state index contributed by atoms with van der Waals surface area (Å²) in [5, 5.41) is 0. The van der Waals surface area contributed by atoms with Crippen molar-refractivity contribution in [1.82, 2.24) is 4.90 Å². The Balaban J connectivity index is 1.61. The van der Waals surface area contributed by atoms with Gasteiger partial charge < -0.3 is 9.80 Å². The average molecular weight is 369 g/mol. The second kappa shape index (κ2) is 9.00. The molecule has 0 radical (unpaired) electrons. The molecule has 1 amide bonds. The lowest BCUT2D eigenvalue weighted by molar-refractivity contribution is -0.119. The van der Waals surface area contributed by atoms with E-state index in [1.165, 1.54) is 12.1 Å². The van der Waals surface area contributed by atoms with Gasteiger partial charge >= 0.3 is 0 Å². The summed E-state index contributed by atoms with van der Waals surface area (Å²) in [6.45, 7) is 8.64. The lowest BCUT2D eigenvalue weighted by atomic mass is 10.2. The summed E-state index contributed by atoms with van der Waals surface area (Å²) in [5.74, 6) is -0.0707. The number of likely N-dealkylation sites (N-methyl/N-ethyl adjacent to an activating group) is 1. The molecule has 1 fully saturated rings. The summed E-state index contributed by atoms with van der Waals surface area (Å²) in [5.41, 5.74) is 3.15. The minimum atomic E-state index is -0.211. The fraction of sp³-hybridized carbons (Fsp3) is 0.409. The summed E-state index contributed by atoms with van der Waals surface area (Å²) in [7, 11) is 0. The third-order valence-corrected chi connectivity index (χ3v) is 5.16. The van der Waals surface area contributed by atoms with Crippen LogP contribution in [0.25, 0.3) is 0 Å². The number of aryl methyl sites for hydroxylation is 1. The molecule has 144 valence electrons. The van der Waals surface area contributed by atoms with Gasteiger partial charge in [0.05, 0.1) is 6.54 Å². The monoisotopic (exact) mass is 369 g/mol. The molecular weight excluding hydrogens is 341 g/mol. The van der Waals surface area contributed by atoms with Crippen LogP contribution in [0.2, 0.25) is 0 Å². The highest BCUT2D eigenvalue weighted by molar-refractivity contribution is 5.95. The van der Waals surface area contributed by atoms with E-state index in [9.17, 15) is 9.18 Å². The van der Waals surface area contributed by atoms with Gasteiger partial charge in [-0.1, -0.05) is 18.2 Å². The third kappa shape index (κ3) is 4.86. The normalized spacial score (nSPS) is 15.4. The first kappa shape index (κ1) is 19.4. The molecule has 0 aliphatic carbocycles. The fourth-order valence-electron chi connectivity index (χ4n) is 3.66. The van der Waals surface area contributed by atoms with Crippen molar-refractivity contribution >= 4 is 17.3 Å². The predicted molar refractivity (Wildman–Crippen MR) is 109 cm³/mol. The van der Waals surface area contributed by atoms with Crippen molar-refractivity contribution in [2.24, 2.45) is 0 Å². The number of benzene rings is 2. The van der Waals surface area contributed by atoms with E-state index in [1.54, 1.807) is 0 Å². The second-order valence-electron chi connectivity index (χ2n) is 7.02. The minimum absolute atomic E-state index is 0.141. The average Bonchev–Trinajstić information content (AvgIpc) is 2.90. The summed E-state index contributed by atoms with van der Waals surface area (Å²) in [4.78, 5) is 19.3. The zero-order valence-electron chi connectivity index (χ0n) is 16.2. The number of nitrogens with zero attached hydrogens (tertiary/aromatic N) is 3. The maximum atomic E-state index is 13.1. The largest absolute Gasteiger partial charge is 0.370 e. The van der Waals surface area contributed by atoms with Crippen LogP contribution in [0.5, 0.6) is 0 Å². The summed E-state index contributed by atoms with van der Waals surface area (Å²) >= 11 is 0. The van der Waals surface area contributed by atoms with Gasteiger partial charge in [-0.05, 0) is 56.2 Å². The van der Waals surface area contributed by atoms with Crippen LogP contribution in [0.15, 0.2) is 48.5 Å². The van der Waals surface area contributed by atoms with Gasteiger partial charge in [0.2, 0.25) is 5.91 Å². The number of rotatable bonds is 5. The van der Waals surface area contributed by atoms with E-state index in [0.29, 0.717) is 13.1 Å². The van der Waals surface area contributed by atoms with E-state index >= 15 is 0 Å². The van der Waals surface area contributed by atoms with Gasteiger partial charge in [-0.25, -0.2) is 4.39 Å². The highest BCUT2D eigenvalue weighted by Gasteiger charge is 2.21. The lowest BCUT2D eigenvalue weighted by Crippen LogP contribution is -2.42. The summed E-state index contributed by atoms with van der Waals surface area (Å²) < 4.78 is 13.1. The number of carbonyl (C=O) groups excluding carboxylic acids is 1. The summed E-state index contributed by atoms with van der Waals surface area (Å²) in [6.07, 6.45) is 0.987. The molecule has 4 nitrogen and oxygen atoms in total. The maximum absolute atomic E-state index is 13.1. The van der Waals surface area contributed by atoms with E-state index < -0.39 is 0 Å². The van der Waals surface area contributed by atoms with Crippen LogP contribution in [0.4, 0.5) is 15.8 Å². The van der Waals surface area contributed by atoms with Gasteiger partial charge in [-0.2, -0.15) is 0 Å². The first-order chi connectivity index (χ1) is 13.1. The van der Waals surface area contributed by atoms with Crippen LogP contribution >= 0.6 is 0 Å². The molecule has 0 spiro atoms. The molecule has 0 atom stereocenters. The number of carbonyl (C=O) groups is 1. The zero-order chi connectivity index (χ0) is 19.2. The van der Waals surface area contributed by atoms with Gasteiger partial charge in [0.25, 0.3) is 0 Å². The Morgan fingerprint density at radius 3 is 2.48 bits per heavy atom. The van der Waals surface area contributed by atoms with Crippen molar-refractivity contribution < 1.29 is 9.18 Å². The van der Waals surface area contributed by atoms with Gasteiger partial charge in [0.15, 0.2) is 0 Å². The number of hydrogen-bond acceptors (Lipinski definition) is 3. The smallest absolute Gasteiger partial charge is 0.241 e. The Kier molecular flexibility index (Phi) is 6.45. The number of halogens is 1. The number of anilines is 2. The van der Waals surface area contributed by atoms with Crippen LogP contribution < -0.4 is 9.80 Å². The second-order valence-corrected chi connectivity index (χ2v) is 7.02. The molecule has 0 unspecified atom stereocenters. The summed E-state index contributed by atoms with van der Waals surface area (Å²) in [6, 6.07) is 14.7. The first-order valence-electron chi connectivity index (χ1n) is 9.67. The SMILES string of the molecule is CCN(C(=O)CN1CCCN(c2ccc(F)cc2)CC1)c1ccccc1C. The van der Waals surface area contributed by atoms with E-state index in [4.69, 9.17) is 0 Å². The Morgan fingerprint density at radius 2 is 1.78 bits per heavy atom. The first-order valence-corrected chi connectivity index (χ1v) is 9.67. The van der Waals surface area contributed by atoms with Crippen LogP contribution in [0.1, 0.15) is 18.9 Å². The molecule has 0 bridgehead atoms.